The molecule has 1 heterocycles. The van der Waals surface area contributed by atoms with Crippen LogP contribution in [0.4, 0.5) is 0 Å². The molecule has 3 nitrogen and oxygen atoms in total. The van der Waals surface area contributed by atoms with Crippen molar-refractivity contribution in [2.45, 2.75) is 32.8 Å². The Balaban J connectivity index is 2.19. The third-order valence-electron chi connectivity index (χ3n) is 2.93. The first-order chi connectivity index (χ1) is 6.53. The maximum atomic E-state index is 5.88. The average Bonchev–Trinajstić information content (AvgIpc) is 2.17. The lowest BCUT2D eigenvalue weighted by atomic mass is 9.95. The summed E-state index contributed by atoms with van der Waals surface area (Å²) in [7, 11) is 2.17. The Kier molecular flexibility index (Phi) is 4.35. The highest BCUT2D eigenvalue weighted by Gasteiger charge is 2.21. The van der Waals surface area contributed by atoms with Gasteiger partial charge in [-0.15, -0.1) is 0 Å². The van der Waals surface area contributed by atoms with E-state index in [1.807, 2.05) is 0 Å². The number of nitrogens with zero attached hydrogens (tertiary/aromatic N) is 1. The first kappa shape index (κ1) is 12.0. The zero-order chi connectivity index (χ0) is 10.6. The Morgan fingerprint density at radius 2 is 1.93 bits per heavy atom. The van der Waals surface area contributed by atoms with Crippen molar-refractivity contribution in [2.75, 3.05) is 33.3 Å². The van der Waals surface area contributed by atoms with Crippen LogP contribution in [-0.2, 0) is 4.74 Å². The molecule has 0 saturated carbocycles. The molecule has 1 rings (SSSR count). The van der Waals surface area contributed by atoms with E-state index in [0.29, 0.717) is 12.6 Å². The van der Waals surface area contributed by atoms with Crippen LogP contribution in [0, 0.1) is 5.41 Å². The molecule has 0 aromatic rings. The highest BCUT2D eigenvalue weighted by molar-refractivity contribution is 4.73. The van der Waals surface area contributed by atoms with E-state index < -0.39 is 0 Å². The molecule has 0 aliphatic carbocycles. The van der Waals surface area contributed by atoms with E-state index in [0.717, 1.165) is 32.5 Å². The Bertz CT molecular complexity index is 163. The standard InChI is InChI=1S/C11H24N2O/c1-11(2,8-12)9-14-10-4-6-13(3)7-5-10/h10H,4-9,12H2,1-3H3. The molecular formula is C11H24N2O. The van der Waals surface area contributed by atoms with Crippen LogP contribution in [0.15, 0.2) is 0 Å². The van der Waals surface area contributed by atoms with Crippen LogP contribution in [0.5, 0.6) is 0 Å². The molecule has 2 N–H and O–H groups in total. The van der Waals surface area contributed by atoms with Crippen molar-refractivity contribution in [1.82, 2.24) is 4.90 Å². The van der Waals surface area contributed by atoms with Crippen molar-refractivity contribution in [3.05, 3.63) is 0 Å². The molecule has 0 aromatic heterocycles. The lowest BCUT2D eigenvalue weighted by molar-refractivity contribution is -0.0227. The predicted octanol–water partition coefficient (Wildman–Crippen LogP) is 1.08. The SMILES string of the molecule is CN1CCC(OCC(C)(C)CN)CC1. The Hall–Kier alpha value is -0.120. The van der Waals surface area contributed by atoms with Gasteiger partial charge in [0.2, 0.25) is 0 Å². The zero-order valence-corrected chi connectivity index (χ0v) is 9.75. The van der Waals surface area contributed by atoms with Crippen LogP contribution in [0.25, 0.3) is 0 Å². The lowest BCUT2D eigenvalue weighted by Crippen LogP contribution is -2.37. The summed E-state index contributed by atoms with van der Waals surface area (Å²) in [5, 5.41) is 0. The first-order valence-corrected chi connectivity index (χ1v) is 5.54. The number of hydrogen-bond acceptors (Lipinski definition) is 3. The molecule has 0 spiro atoms. The van der Waals surface area contributed by atoms with Gasteiger partial charge in [-0.05, 0) is 26.4 Å². The number of likely N-dealkylation sites (tertiary alicyclic amines) is 1. The van der Waals surface area contributed by atoms with E-state index in [2.05, 4.69) is 25.8 Å². The van der Waals surface area contributed by atoms with Gasteiger partial charge >= 0.3 is 0 Å². The molecular weight excluding hydrogens is 176 g/mol. The van der Waals surface area contributed by atoms with Gasteiger partial charge in [0, 0.05) is 18.5 Å². The van der Waals surface area contributed by atoms with E-state index in [9.17, 15) is 0 Å². The normalized spacial score (nSPS) is 21.4. The minimum Gasteiger partial charge on any atom is -0.378 e. The van der Waals surface area contributed by atoms with Crippen LogP contribution in [-0.4, -0.2) is 44.3 Å². The molecule has 3 heteroatoms. The van der Waals surface area contributed by atoms with Crippen molar-refractivity contribution in [3.8, 4) is 0 Å². The van der Waals surface area contributed by atoms with Gasteiger partial charge in [0.1, 0.15) is 0 Å². The first-order valence-electron chi connectivity index (χ1n) is 5.54. The van der Waals surface area contributed by atoms with E-state index in [1.165, 1.54) is 0 Å². The summed E-state index contributed by atoms with van der Waals surface area (Å²) in [6, 6.07) is 0. The van der Waals surface area contributed by atoms with Gasteiger partial charge in [-0.2, -0.15) is 0 Å². The molecule has 0 aromatic carbocycles. The van der Waals surface area contributed by atoms with Gasteiger partial charge in [0.05, 0.1) is 12.7 Å². The summed E-state index contributed by atoms with van der Waals surface area (Å²) >= 11 is 0. The van der Waals surface area contributed by atoms with Crippen LogP contribution >= 0.6 is 0 Å². The number of hydrogen-bond donors (Lipinski definition) is 1. The van der Waals surface area contributed by atoms with Crippen molar-refractivity contribution < 1.29 is 4.74 Å². The summed E-state index contributed by atoms with van der Waals surface area (Å²) < 4.78 is 5.88. The average molecular weight is 200 g/mol. The Morgan fingerprint density at radius 3 is 2.43 bits per heavy atom. The summed E-state index contributed by atoms with van der Waals surface area (Å²) in [6.45, 7) is 8.11. The van der Waals surface area contributed by atoms with E-state index in [1.54, 1.807) is 0 Å². The van der Waals surface area contributed by atoms with Crippen molar-refractivity contribution in [3.63, 3.8) is 0 Å². The van der Waals surface area contributed by atoms with Crippen LogP contribution in [0.2, 0.25) is 0 Å². The third-order valence-corrected chi connectivity index (χ3v) is 2.93. The molecule has 1 saturated heterocycles. The van der Waals surface area contributed by atoms with Gasteiger partial charge < -0.3 is 15.4 Å². The van der Waals surface area contributed by atoms with Gasteiger partial charge in [-0.1, -0.05) is 13.8 Å². The minimum atomic E-state index is 0.128. The molecule has 0 atom stereocenters. The maximum absolute atomic E-state index is 5.88. The molecule has 1 aliphatic rings. The largest absolute Gasteiger partial charge is 0.378 e. The fraction of sp³-hybridized carbons (Fsp3) is 1.00. The predicted molar refractivity (Wildman–Crippen MR) is 59.3 cm³/mol. The Labute approximate surface area is 87.6 Å². The molecule has 84 valence electrons. The second kappa shape index (κ2) is 5.10. The Morgan fingerprint density at radius 1 is 1.36 bits per heavy atom. The third kappa shape index (κ3) is 3.95. The monoisotopic (exact) mass is 200 g/mol. The fourth-order valence-corrected chi connectivity index (χ4v) is 1.55. The smallest absolute Gasteiger partial charge is 0.0599 e. The van der Waals surface area contributed by atoms with Gasteiger partial charge in [-0.3, -0.25) is 0 Å². The van der Waals surface area contributed by atoms with Crippen molar-refractivity contribution in [1.29, 1.82) is 0 Å². The van der Waals surface area contributed by atoms with Crippen LogP contribution < -0.4 is 5.73 Å². The number of nitrogens with two attached hydrogens (primary N) is 1. The second-order valence-corrected chi connectivity index (χ2v) is 5.18. The number of ether oxygens (including phenoxy) is 1. The molecule has 14 heavy (non-hydrogen) atoms. The molecule has 0 amide bonds. The van der Waals surface area contributed by atoms with Crippen LogP contribution in [0.3, 0.4) is 0 Å². The van der Waals surface area contributed by atoms with Gasteiger partial charge in [-0.25, -0.2) is 0 Å². The molecule has 0 bridgehead atoms. The van der Waals surface area contributed by atoms with Crippen molar-refractivity contribution >= 4 is 0 Å². The number of piperidine rings is 1. The molecule has 0 unspecified atom stereocenters. The summed E-state index contributed by atoms with van der Waals surface area (Å²) in [6.07, 6.45) is 2.78. The summed E-state index contributed by atoms with van der Waals surface area (Å²) in [5.41, 5.74) is 5.78. The topological polar surface area (TPSA) is 38.5 Å². The maximum Gasteiger partial charge on any atom is 0.0599 e. The quantitative estimate of drug-likeness (QED) is 0.738. The second-order valence-electron chi connectivity index (χ2n) is 5.18. The molecule has 0 radical (unpaired) electrons. The van der Waals surface area contributed by atoms with Gasteiger partial charge in [0.15, 0.2) is 0 Å². The van der Waals surface area contributed by atoms with Crippen molar-refractivity contribution in [2.24, 2.45) is 11.1 Å². The molecule has 1 fully saturated rings. The highest BCUT2D eigenvalue weighted by Crippen LogP contribution is 2.18. The number of rotatable bonds is 4. The summed E-state index contributed by atoms with van der Waals surface area (Å²) in [4.78, 5) is 2.36. The summed E-state index contributed by atoms with van der Waals surface area (Å²) in [5.74, 6) is 0. The fourth-order valence-electron chi connectivity index (χ4n) is 1.55. The zero-order valence-electron chi connectivity index (χ0n) is 9.75. The van der Waals surface area contributed by atoms with E-state index in [4.69, 9.17) is 10.5 Å². The van der Waals surface area contributed by atoms with E-state index in [-0.39, 0.29) is 5.41 Å². The minimum absolute atomic E-state index is 0.128. The highest BCUT2D eigenvalue weighted by atomic mass is 16.5. The lowest BCUT2D eigenvalue weighted by Gasteiger charge is -2.31. The van der Waals surface area contributed by atoms with Gasteiger partial charge in [0.25, 0.3) is 0 Å². The van der Waals surface area contributed by atoms with Crippen LogP contribution in [0.1, 0.15) is 26.7 Å². The molecule has 1 aliphatic heterocycles. The van der Waals surface area contributed by atoms with E-state index >= 15 is 0 Å².